The molecule has 144 valence electrons. The minimum absolute atomic E-state index is 0.0835. The fourth-order valence-corrected chi connectivity index (χ4v) is 3.17. The van der Waals surface area contributed by atoms with Gasteiger partial charge in [0, 0.05) is 38.1 Å². The molecular formula is C21H34N4O. The Labute approximate surface area is 158 Å². The number of hydrogen-bond acceptors (Lipinski definition) is 2. The van der Waals surface area contributed by atoms with E-state index in [1.54, 1.807) is 0 Å². The lowest BCUT2D eigenvalue weighted by atomic mass is 10.0. The van der Waals surface area contributed by atoms with Gasteiger partial charge in [0.1, 0.15) is 0 Å². The largest absolute Gasteiger partial charge is 0.357 e. The average molecular weight is 359 g/mol. The summed E-state index contributed by atoms with van der Waals surface area (Å²) in [6.07, 6.45) is 2.89. The van der Waals surface area contributed by atoms with Crippen molar-refractivity contribution in [2.45, 2.75) is 53.0 Å². The first-order valence-corrected chi connectivity index (χ1v) is 9.88. The highest BCUT2D eigenvalue weighted by Gasteiger charge is 2.24. The Kier molecular flexibility index (Phi) is 7.95. The van der Waals surface area contributed by atoms with Crippen LogP contribution in [0.5, 0.6) is 0 Å². The number of aryl methyl sites for hydroxylation is 1. The van der Waals surface area contributed by atoms with E-state index in [0.29, 0.717) is 6.04 Å². The molecule has 1 aliphatic rings. The Balaban J connectivity index is 1.82. The summed E-state index contributed by atoms with van der Waals surface area (Å²) in [5.74, 6) is 1.23. The number of nitrogens with one attached hydrogen (secondary N) is 2. The predicted octanol–water partition coefficient (Wildman–Crippen LogP) is 2.74. The van der Waals surface area contributed by atoms with Gasteiger partial charge in [-0.05, 0) is 38.7 Å². The minimum Gasteiger partial charge on any atom is -0.357 e. The van der Waals surface area contributed by atoms with Crippen molar-refractivity contribution in [3.8, 4) is 0 Å². The van der Waals surface area contributed by atoms with E-state index in [2.05, 4.69) is 48.7 Å². The van der Waals surface area contributed by atoms with Crippen molar-refractivity contribution >= 4 is 11.9 Å². The molecule has 0 spiro atoms. The summed E-state index contributed by atoms with van der Waals surface area (Å²) in [5, 5.41) is 6.88. The quantitative estimate of drug-likeness (QED) is 0.607. The van der Waals surface area contributed by atoms with E-state index in [0.717, 1.165) is 51.4 Å². The fourth-order valence-electron chi connectivity index (χ4n) is 3.17. The Hall–Kier alpha value is -2.04. The standard InChI is InChI=1S/C21H34N4O/c1-5-22-21(23-13-10-18-8-6-17(4)7-9-18)24-19-11-14-25(15-12-19)20(26)16(2)3/h6-9,16,19H,5,10-15H2,1-4H3,(H2,22,23,24). The molecule has 2 N–H and O–H groups in total. The van der Waals surface area contributed by atoms with Crippen LogP contribution in [0.25, 0.3) is 0 Å². The van der Waals surface area contributed by atoms with Gasteiger partial charge in [-0.2, -0.15) is 0 Å². The molecule has 26 heavy (non-hydrogen) atoms. The maximum Gasteiger partial charge on any atom is 0.225 e. The van der Waals surface area contributed by atoms with Gasteiger partial charge >= 0.3 is 0 Å². The summed E-state index contributed by atoms with van der Waals surface area (Å²) in [5.41, 5.74) is 2.60. The van der Waals surface area contributed by atoms with Crippen LogP contribution < -0.4 is 10.6 Å². The number of carbonyl (C=O) groups is 1. The molecule has 1 aromatic rings. The van der Waals surface area contributed by atoms with Crippen LogP contribution in [-0.4, -0.2) is 49.0 Å². The number of guanidine groups is 1. The van der Waals surface area contributed by atoms with Crippen molar-refractivity contribution in [1.29, 1.82) is 0 Å². The monoisotopic (exact) mass is 358 g/mol. The second kappa shape index (κ2) is 10.2. The van der Waals surface area contributed by atoms with Crippen molar-refractivity contribution in [1.82, 2.24) is 15.5 Å². The topological polar surface area (TPSA) is 56.7 Å². The summed E-state index contributed by atoms with van der Waals surface area (Å²) >= 11 is 0. The van der Waals surface area contributed by atoms with Gasteiger partial charge in [-0.3, -0.25) is 9.79 Å². The van der Waals surface area contributed by atoms with Crippen LogP contribution >= 0.6 is 0 Å². The fraction of sp³-hybridized carbons (Fsp3) is 0.619. The second-order valence-electron chi connectivity index (χ2n) is 7.39. The number of aliphatic imine (C=N–C) groups is 1. The van der Waals surface area contributed by atoms with E-state index in [1.165, 1.54) is 11.1 Å². The third-order valence-electron chi connectivity index (χ3n) is 4.78. The molecule has 0 atom stereocenters. The van der Waals surface area contributed by atoms with E-state index < -0.39 is 0 Å². The summed E-state index contributed by atoms with van der Waals surface area (Å²) in [6, 6.07) is 9.02. The maximum absolute atomic E-state index is 12.1. The van der Waals surface area contributed by atoms with E-state index in [4.69, 9.17) is 4.99 Å². The van der Waals surface area contributed by atoms with Crippen molar-refractivity contribution in [2.75, 3.05) is 26.2 Å². The van der Waals surface area contributed by atoms with Crippen LogP contribution in [0, 0.1) is 12.8 Å². The molecule has 5 heteroatoms. The zero-order chi connectivity index (χ0) is 18.9. The average Bonchev–Trinajstić information content (AvgIpc) is 2.63. The van der Waals surface area contributed by atoms with Crippen LogP contribution in [0.4, 0.5) is 0 Å². The zero-order valence-corrected chi connectivity index (χ0v) is 16.7. The molecule has 0 aliphatic carbocycles. The second-order valence-corrected chi connectivity index (χ2v) is 7.39. The van der Waals surface area contributed by atoms with Crippen molar-refractivity contribution in [2.24, 2.45) is 10.9 Å². The highest BCUT2D eigenvalue weighted by atomic mass is 16.2. The van der Waals surface area contributed by atoms with Crippen LogP contribution in [0.15, 0.2) is 29.3 Å². The SMILES string of the molecule is CCNC(=NCCc1ccc(C)cc1)NC1CCN(C(=O)C(C)C)CC1. The zero-order valence-electron chi connectivity index (χ0n) is 16.7. The van der Waals surface area contributed by atoms with E-state index in [9.17, 15) is 4.79 Å². The highest BCUT2D eigenvalue weighted by molar-refractivity contribution is 5.80. The summed E-state index contributed by atoms with van der Waals surface area (Å²) in [7, 11) is 0. The van der Waals surface area contributed by atoms with E-state index in [1.807, 2.05) is 18.7 Å². The van der Waals surface area contributed by atoms with Crippen molar-refractivity contribution < 1.29 is 4.79 Å². The Morgan fingerprint density at radius 3 is 2.46 bits per heavy atom. The molecule has 1 aliphatic heterocycles. The first-order valence-electron chi connectivity index (χ1n) is 9.88. The lowest BCUT2D eigenvalue weighted by molar-refractivity contribution is -0.135. The lowest BCUT2D eigenvalue weighted by Crippen LogP contribution is -2.50. The van der Waals surface area contributed by atoms with Gasteiger partial charge in [0.15, 0.2) is 5.96 Å². The number of nitrogens with zero attached hydrogens (tertiary/aromatic N) is 2. The Bertz CT molecular complexity index is 587. The normalized spacial score (nSPS) is 16.0. The summed E-state index contributed by atoms with van der Waals surface area (Å²) in [6.45, 7) is 11.4. The lowest BCUT2D eigenvalue weighted by Gasteiger charge is -2.34. The summed E-state index contributed by atoms with van der Waals surface area (Å²) in [4.78, 5) is 18.8. The van der Waals surface area contributed by atoms with Crippen LogP contribution in [-0.2, 0) is 11.2 Å². The molecule has 0 radical (unpaired) electrons. The smallest absolute Gasteiger partial charge is 0.225 e. The molecule has 5 nitrogen and oxygen atoms in total. The molecule has 0 bridgehead atoms. The molecule has 1 fully saturated rings. The maximum atomic E-state index is 12.1. The first-order chi connectivity index (χ1) is 12.5. The molecule has 1 saturated heterocycles. The molecule has 1 heterocycles. The van der Waals surface area contributed by atoms with Gasteiger partial charge in [0.2, 0.25) is 5.91 Å². The number of rotatable bonds is 6. The number of amides is 1. The number of hydrogen-bond donors (Lipinski definition) is 2. The third kappa shape index (κ3) is 6.36. The van der Waals surface area contributed by atoms with Gasteiger partial charge < -0.3 is 15.5 Å². The molecule has 0 unspecified atom stereocenters. The van der Waals surface area contributed by atoms with Crippen molar-refractivity contribution in [3.05, 3.63) is 35.4 Å². The molecule has 1 aromatic carbocycles. The third-order valence-corrected chi connectivity index (χ3v) is 4.78. The van der Waals surface area contributed by atoms with Gasteiger partial charge in [0.25, 0.3) is 0 Å². The van der Waals surface area contributed by atoms with Gasteiger partial charge in [-0.15, -0.1) is 0 Å². The molecule has 0 saturated carbocycles. The van der Waals surface area contributed by atoms with Crippen LogP contribution in [0.3, 0.4) is 0 Å². The minimum atomic E-state index is 0.0835. The number of likely N-dealkylation sites (tertiary alicyclic amines) is 1. The Morgan fingerprint density at radius 2 is 1.88 bits per heavy atom. The van der Waals surface area contributed by atoms with Crippen LogP contribution in [0.2, 0.25) is 0 Å². The summed E-state index contributed by atoms with van der Waals surface area (Å²) < 4.78 is 0. The van der Waals surface area contributed by atoms with Gasteiger partial charge in [-0.1, -0.05) is 43.7 Å². The number of benzene rings is 1. The van der Waals surface area contributed by atoms with Crippen molar-refractivity contribution in [3.63, 3.8) is 0 Å². The van der Waals surface area contributed by atoms with Crippen LogP contribution in [0.1, 0.15) is 44.7 Å². The predicted molar refractivity (Wildman–Crippen MR) is 108 cm³/mol. The highest BCUT2D eigenvalue weighted by Crippen LogP contribution is 2.13. The Morgan fingerprint density at radius 1 is 1.23 bits per heavy atom. The molecule has 0 aromatic heterocycles. The number of carbonyl (C=O) groups excluding carboxylic acids is 1. The molecular weight excluding hydrogens is 324 g/mol. The molecule has 2 rings (SSSR count). The first kappa shape index (κ1) is 20.3. The van der Waals surface area contributed by atoms with Gasteiger partial charge in [-0.25, -0.2) is 0 Å². The van der Waals surface area contributed by atoms with Gasteiger partial charge in [0.05, 0.1) is 0 Å². The van der Waals surface area contributed by atoms with E-state index in [-0.39, 0.29) is 11.8 Å². The number of piperidine rings is 1. The molecule has 1 amide bonds. The van der Waals surface area contributed by atoms with E-state index >= 15 is 0 Å².